The molecule has 0 aromatic heterocycles. The first kappa shape index (κ1) is 11.8. The Morgan fingerprint density at radius 1 is 1.60 bits per heavy atom. The molecule has 6 heteroatoms. The maximum Gasteiger partial charge on any atom is 0.146 e. The van der Waals surface area contributed by atoms with E-state index < -0.39 is 0 Å². The van der Waals surface area contributed by atoms with Crippen molar-refractivity contribution in [3.05, 3.63) is 28.5 Å². The second-order valence-corrected chi connectivity index (χ2v) is 3.81. The summed E-state index contributed by atoms with van der Waals surface area (Å²) in [6, 6.07) is 4.60. The summed E-state index contributed by atoms with van der Waals surface area (Å²) in [5, 5.41) is 13.9. The van der Waals surface area contributed by atoms with Gasteiger partial charge >= 0.3 is 0 Å². The van der Waals surface area contributed by atoms with E-state index >= 15 is 0 Å². The molecule has 4 nitrogen and oxygen atoms in total. The van der Waals surface area contributed by atoms with E-state index in [-0.39, 0.29) is 11.7 Å². The summed E-state index contributed by atoms with van der Waals surface area (Å²) in [7, 11) is 0. The minimum Gasteiger partial charge on any atom is -0.409 e. The van der Waals surface area contributed by atoms with Crippen LogP contribution in [0.5, 0.6) is 0 Å². The second kappa shape index (κ2) is 5.55. The Bertz CT molecular complexity index is 370. The van der Waals surface area contributed by atoms with E-state index in [0.29, 0.717) is 18.7 Å². The van der Waals surface area contributed by atoms with Gasteiger partial charge in [-0.1, -0.05) is 21.1 Å². The van der Waals surface area contributed by atoms with E-state index in [9.17, 15) is 4.39 Å². The Morgan fingerprint density at radius 3 is 3.00 bits per heavy atom. The number of halogens is 2. The van der Waals surface area contributed by atoms with Gasteiger partial charge in [0.05, 0.1) is 5.69 Å². The van der Waals surface area contributed by atoms with Crippen molar-refractivity contribution in [1.82, 2.24) is 0 Å². The van der Waals surface area contributed by atoms with Crippen LogP contribution in [0.25, 0.3) is 0 Å². The number of hydrogen-bond acceptors (Lipinski definition) is 3. The van der Waals surface area contributed by atoms with Gasteiger partial charge in [-0.05, 0) is 18.2 Å². The number of rotatable bonds is 4. The van der Waals surface area contributed by atoms with Gasteiger partial charge in [0.25, 0.3) is 0 Å². The van der Waals surface area contributed by atoms with Crippen LogP contribution in [0.3, 0.4) is 0 Å². The molecule has 1 aromatic carbocycles. The molecule has 82 valence electrons. The number of hydrogen-bond donors (Lipinski definition) is 3. The first-order valence-electron chi connectivity index (χ1n) is 4.29. The summed E-state index contributed by atoms with van der Waals surface area (Å²) in [5.74, 6) is -0.226. The van der Waals surface area contributed by atoms with E-state index in [1.165, 1.54) is 6.07 Å². The molecule has 0 saturated heterocycles. The minimum atomic E-state index is -0.335. The zero-order valence-electron chi connectivity index (χ0n) is 7.87. The van der Waals surface area contributed by atoms with Crippen LogP contribution in [-0.2, 0) is 0 Å². The quantitative estimate of drug-likeness (QED) is 0.341. The molecule has 0 saturated carbocycles. The van der Waals surface area contributed by atoms with Crippen LogP contribution in [0.15, 0.2) is 27.8 Å². The maximum atomic E-state index is 13.2. The first-order chi connectivity index (χ1) is 7.13. The smallest absolute Gasteiger partial charge is 0.146 e. The molecule has 0 unspecified atom stereocenters. The third-order valence-corrected chi connectivity index (χ3v) is 2.25. The van der Waals surface area contributed by atoms with Gasteiger partial charge in [0, 0.05) is 17.4 Å². The topological polar surface area (TPSA) is 70.6 Å². The van der Waals surface area contributed by atoms with E-state index in [1.54, 1.807) is 12.1 Å². The SMILES string of the molecule is NC(CCNc1cc(Br)ccc1F)=NO. The van der Waals surface area contributed by atoms with Gasteiger partial charge in [-0.15, -0.1) is 0 Å². The van der Waals surface area contributed by atoms with Crippen LogP contribution in [0.1, 0.15) is 6.42 Å². The van der Waals surface area contributed by atoms with Crippen molar-refractivity contribution in [3.63, 3.8) is 0 Å². The Balaban J connectivity index is 2.54. The molecule has 1 aromatic rings. The molecule has 1 rings (SSSR count). The minimum absolute atomic E-state index is 0.109. The highest BCUT2D eigenvalue weighted by molar-refractivity contribution is 9.10. The molecule has 4 N–H and O–H groups in total. The predicted octanol–water partition coefficient (Wildman–Crippen LogP) is 2.14. The van der Waals surface area contributed by atoms with E-state index in [2.05, 4.69) is 26.4 Å². The highest BCUT2D eigenvalue weighted by Gasteiger charge is 2.02. The first-order valence-corrected chi connectivity index (χ1v) is 5.08. The van der Waals surface area contributed by atoms with Crippen LogP contribution in [0, 0.1) is 5.82 Å². The van der Waals surface area contributed by atoms with Crippen LogP contribution in [0.4, 0.5) is 10.1 Å². The van der Waals surface area contributed by atoms with Crippen LogP contribution in [0.2, 0.25) is 0 Å². The Hall–Kier alpha value is -1.30. The third-order valence-electron chi connectivity index (χ3n) is 1.75. The number of nitrogens with one attached hydrogen (secondary N) is 1. The maximum absolute atomic E-state index is 13.2. The van der Waals surface area contributed by atoms with Gasteiger partial charge in [0.2, 0.25) is 0 Å². The van der Waals surface area contributed by atoms with Crippen LogP contribution >= 0.6 is 15.9 Å². The molecule has 15 heavy (non-hydrogen) atoms. The van der Waals surface area contributed by atoms with Gasteiger partial charge in [0.1, 0.15) is 11.7 Å². The summed E-state index contributed by atoms with van der Waals surface area (Å²) < 4.78 is 14.0. The Kier molecular flexibility index (Phi) is 4.36. The highest BCUT2D eigenvalue weighted by Crippen LogP contribution is 2.19. The fourth-order valence-corrected chi connectivity index (χ4v) is 1.37. The number of amidine groups is 1. The summed E-state index contributed by atoms with van der Waals surface area (Å²) in [6.07, 6.45) is 0.350. The van der Waals surface area contributed by atoms with Crippen LogP contribution in [-0.4, -0.2) is 17.6 Å². The molecule has 0 aliphatic rings. The molecular formula is C9H11BrFN3O. The summed E-state index contributed by atoms with van der Waals surface area (Å²) in [4.78, 5) is 0. The average Bonchev–Trinajstić information content (AvgIpc) is 2.23. The van der Waals surface area contributed by atoms with Gasteiger partial charge in [0.15, 0.2) is 0 Å². The van der Waals surface area contributed by atoms with Gasteiger partial charge in [-0.25, -0.2) is 4.39 Å². The van der Waals surface area contributed by atoms with Crippen molar-refractivity contribution in [2.24, 2.45) is 10.9 Å². The monoisotopic (exact) mass is 275 g/mol. The fraction of sp³-hybridized carbons (Fsp3) is 0.222. The zero-order valence-corrected chi connectivity index (χ0v) is 9.46. The molecule has 0 radical (unpaired) electrons. The molecule has 0 amide bonds. The third kappa shape index (κ3) is 3.75. The lowest BCUT2D eigenvalue weighted by molar-refractivity contribution is 0.317. The zero-order chi connectivity index (χ0) is 11.3. The lowest BCUT2D eigenvalue weighted by Gasteiger charge is -2.07. The largest absolute Gasteiger partial charge is 0.409 e. The van der Waals surface area contributed by atoms with Gasteiger partial charge in [-0.3, -0.25) is 0 Å². The number of oxime groups is 1. The highest BCUT2D eigenvalue weighted by atomic mass is 79.9. The fourth-order valence-electron chi connectivity index (χ4n) is 1.01. The molecule has 0 atom stereocenters. The molecule has 0 aliphatic heterocycles. The molecule has 0 heterocycles. The second-order valence-electron chi connectivity index (χ2n) is 2.89. The van der Waals surface area contributed by atoms with E-state index in [1.807, 2.05) is 0 Å². The van der Waals surface area contributed by atoms with E-state index in [4.69, 9.17) is 10.9 Å². The van der Waals surface area contributed by atoms with Crippen molar-refractivity contribution >= 4 is 27.5 Å². The van der Waals surface area contributed by atoms with Gasteiger partial charge in [-0.2, -0.15) is 0 Å². The standard InChI is InChI=1S/C9H11BrFN3O/c10-6-1-2-7(11)8(5-6)13-4-3-9(12)14-15/h1-2,5,13,15H,3-4H2,(H2,12,14). The number of benzene rings is 1. The Labute approximate surface area is 95.1 Å². The molecule has 0 spiro atoms. The summed E-state index contributed by atoms with van der Waals surface area (Å²) in [5.41, 5.74) is 5.65. The molecule has 0 bridgehead atoms. The summed E-state index contributed by atoms with van der Waals surface area (Å²) >= 11 is 3.24. The number of nitrogens with two attached hydrogens (primary N) is 1. The summed E-state index contributed by atoms with van der Waals surface area (Å²) in [6.45, 7) is 0.406. The number of anilines is 1. The normalized spacial score (nSPS) is 11.5. The van der Waals surface area contributed by atoms with Gasteiger partial charge < -0.3 is 16.3 Å². The molecular weight excluding hydrogens is 265 g/mol. The van der Waals surface area contributed by atoms with Crippen molar-refractivity contribution in [3.8, 4) is 0 Å². The predicted molar refractivity (Wildman–Crippen MR) is 60.6 cm³/mol. The van der Waals surface area contributed by atoms with Crippen molar-refractivity contribution in [2.45, 2.75) is 6.42 Å². The van der Waals surface area contributed by atoms with Crippen LogP contribution < -0.4 is 11.1 Å². The lowest BCUT2D eigenvalue weighted by Crippen LogP contribution is -2.16. The molecule has 0 fully saturated rings. The van der Waals surface area contributed by atoms with Crippen molar-refractivity contribution in [2.75, 3.05) is 11.9 Å². The Morgan fingerprint density at radius 2 is 2.33 bits per heavy atom. The average molecular weight is 276 g/mol. The van der Waals surface area contributed by atoms with Crippen molar-refractivity contribution < 1.29 is 9.60 Å². The molecule has 0 aliphatic carbocycles. The lowest BCUT2D eigenvalue weighted by atomic mass is 10.3. The van der Waals surface area contributed by atoms with Crippen molar-refractivity contribution in [1.29, 1.82) is 0 Å². The number of nitrogens with zero attached hydrogens (tertiary/aromatic N) is 1. The van der Waals surface area contributed by atoms with E-state index in [0.717, 1.165) is 4.47 Å².